The van der Waals surface area contributed by atoms with E-state index in [1.807, 2.05) is 30.3 Å². The Labute approximate surface area is 242 Å². The molecular weight excluding hydrogens is 512 g/mol. The quantitative estimate of drug-likeness (QED) is 0.0970. The highest BCUT2D eigenvalue weighted by atomic mass is 16.5. The van der Waals surface area contributed by atoms with Crippen molar-refractivity contribution in [2.24, 2.45) is 0 Å². The summed E-state index contributed by atoms with van der Waals surface area (Å²) < 4.78 is 16.9. The number of esters is 1. The third-order valence-corrected chi connectivity index (χ3v) is 6.91. The third-order valence-electron chi connectivity index (χ3n) is 6.91. The number of ether oxygens (including phenoxy) is 3. The summed E-state index contributed by atoms with van der Waals surface area (Å²) in [5.74, 6) is 0.891. The third kappa shape index (κ3) is 7.65. The fraction of sp³-hybridized carbons (Fsp3) is 0.250. The number of hydrogen-bond donors (Lipinski definition) is 1. The van der Waals surface area contributed by atoms with Crippen LogP contribution in [0.1, 0.15) is 60.2 Å². The van der Waals surface area contributed by atoms with E-state index in [0.29, 0.717) is 30.3 Å². The Morgan fingerprint density at radius 3 is 1.73 bits per heavy atom. The molecule has 1 N–H and O–H groups in total. The minimum atomic E-state index is -0.539. The molecule has 0 saturated heterocycles. The van der Waals surface area contributed by atoms with E-state index < -0.39 is 12.1 Å². The summed E-state index contributed by atoms with van der Waals surface area (Å²) in [6.07, 6.45) is 2.00. The maximum Gasteiger partial charge on any atom is 0.338 e. The number of benzene rings is 4. The van der Waals surface area contributed by atoms with Gasteiger partial charge in [-0.05, 0) is 89.2 Å². The van der Waals surface area contributed by atoms with Crippen molar-refractivity contribution >= 4 is 44.6 Å². The molecule has 0 aliphatic heterocycles. The summed E-state index contributed by atoms with van der Waals surface area (Å²) in [5, 5.41) is 13.3. The molecule has 0 radical (unpaired) electrons. The van der Waals surface area contributed by atoms with Crippen LogP contribution >= 0.6 is 0 Å². The van der Waals surface area contributed by atoms with Gasteiger partial charge >= 0.3 is 5.97 Å². The Morgan fingerprint density at radius 2 is 1.20 bits per heavy atom. The van der Waals surface area contributed by atoms with Crippen LogP contribution in [0, 0.1) is 0 Å². The van der Waals surface area contributed by atoms with E-state index in [9.17, 15) is 4.79 Å². The molecule has 0 aliphatic carbocycles. The zero-order valence-electron chi connectivity index (χ0n) is 23.9. The number of allylic oxidation sites excluding steroid dienone is 1. The highest BCUT2D eigenvalue weighted by molar-refractivity contribution is 5.96. The lowest BCUT2D eigenvalue weighted by molar-refractivity contribution is 0.0197. The summed E-state index contributed by atoms with van der Waals surface area (Å²) in [6.45, 7) is 17.2. The van der Waals surface area contributed by atoms with Crippen LogP contribution in [0.25, 0.3) is 38.6 Å². The molecule has 1 atom stereocenters. The molecule has 1 unspecified atom stereocenters. The molecular formula is C36H38O5. The molecule has 0 heterocycles. The number of aliphatic hydroxyl groups excluding tert-OH is 1. The molecule has 5 nitrogen and oxygen atoms in total. The molecule has 0 bridgehead atoms. The van der Waals surface area contributed by atoms with Crippen molar-refractivity contribution in [1.29, 1.82) is 0 Å². The number of rotatable bonds is 14. The van der Waals surface area contributed by atoms with E-state index in [0.717, 1.165) is 63.1 Å². The largest absolute Gasteiger partial charge is 0.494 e. The molecule has 4 aromatic carbocycles. The van der Waals surface area contributed by atoms with Gasteiger partial charge in [-0.15, -0.1) is 0 Å². The number of carbonyl (C=O) groups excluding carboxylic acids is 1. The average molecular weight is 551 g/mol. The first-order chi connectivity index (χ1) is 19.8. The van der Waals surface area contributed by atoms with Gasteiger partial charge in [0.2, 0.25) is 0 Å². The van der Waals surface area contributed by atoms with Gasteiger partial charge in [0.1, 0.15) is 17.6 Å². The number of aliphatic hydroxyl groups is 1. The Bertz CT molecular complexity index is 1580. The first-order valence-corrected chi connectivity index (χ1v) is 14.0. The van der Waals surface area contributed by atoms with E-state index in [-0.39, 0.29) is 6.61 Å². The molecule has 0 aliphatic rings. The minimum Gasteiger partial charge on any atom is -0.494 e. The number of fused-ring (bicyclic) bond motifs is 2. The summed E-state index contributed by atoms with van der Waals surface area (Å²) in [5.41, 5.74) is 4.47. The predicted octanol–water partition coefficient (Wildman–Crippen LogP) is 8.41. The predicted molar refractivity (Wildman–Crippen MR) is 168 cm³/mol. The highest BCUT2D eigenvalue weighted by Crippen LogP contribution is 2.27. The van der Waals surface area contributed by atoms with Crippen molar-refractivity contribution in [1.82, 2.24) is 0 Å². The summed E-state index contributed by atoms with van der Waals surface area (Å²) in [7, 11) is 0. The van der Waals surface area contributed by atoms with Crippen LogP contribution in [0.4, 0.5) is 0 Å². The molecule has 212 valence electrons. The molecule has 0 fully saturated rings. The van der Waals surface area contributed by atoms with Gasteiger partial charge in [0, 0.05) is 11.1 Å². The van der Waals surface area contributed by atoms with Crippen LogP contribution in [-0.2, 0) is 14.2 Å². The van der Waals surface area contributed by atoms with Gasteiger partial charge in [-0.1, -0.05) is 69.1 Å². The van der Waals surface area contributed by atoms with E-state index in [1.165, 1.54) is 0 Å². The van der Waals surface area contributed by atoms with E-state index in [4.69, 9.17) is 19.3 Å². The highest BCUT2D eigenvalue weighted by Gasteiger charge is 2.12. The van der Waals surface area contributed by atoms with Crippen LogP contribution < -0.4 is 0 Å². The fourth-order valence-corrected chi connectivity index (χ4v) is 4.49. The van der Waals surface area contributed by atoms with Crippen LogP contribution in [-0.4, -0.2) is 37.0 Å². The molecule has 0 aromatic heterocycles. The molecule has 5 heteroatoms. The van der Waals surface area contributed by atoms with E-state index in [2.05, 4.69) is 57.0 Å². The van der Waals surface area contributed by atoms with Crippen molar-refractivity contribution in [2.75, 3.05) is 19.8 Å². The lowest BCUT2D eigenvalue weighted by Gasteiger charge is -2.13. The van der Waals surface area contributed by atoms with Crippen molar-refractivity contribution in [2.45, 2.75) is 39.2 Å². The lowest BCUT2D eigenvalue weighted by Crippen LogP contribution is -2.18. The molecule has 41 heavy (non-hydrogen) atoms. The maximum absolute atomic E-state index is 12.3. The second kappa shape index (κ2) is 13.8. The Balaban J connectivity index is 1.29. The van der Waals surface area contributed by atoms with Crippen molar-refractivity contribution in [3.05, 3.63) is 115 Å². The number of carbonyl (C=O) groups is 1. The summed E-state index contributed by atoms with van der Waals surface area (Å²) in [4.78, 5) is 12.3. The zero-order chi connectivity index (χ0) is 29.4. The zero-order valence-corrected chi connectivity index (χ0v) is 23.9. The Kier molecular flexibility index (Phi) is 9.99. The number of hydrogen-bond acceptors (Lipinski definition) is 5. The molecule has 4 aromatic rings. The van der Waals surface area contributed by atoms with Gasteiger partial charge in [-0.25, -0.2) is 4.79 Å². The van der Waals surface area contributed by atoms with Gasteiger partial charge in [0.05, 0.1) is 25.4 Å². The van der Waals surface area contributed by atoms with E-state index >= 15 is 0 Å². The average Bonchev–Trinajstić information content (AvgIpc) is 3.00. The lowest BCUT2D eigenvalue weighted by atomic mass is 9.98. The van der Waals surface area contributed by atoms with Gasteiger partial charge in [0.15, 0.2) is 0 Å². The van der Waals surface area contributed by atoms with Gasteiger partial charge in [-0.3, -0.25) is 0 Å². The molecule has 0 saturated carbocycles. The molecule has 0 spiro atoms. The van der Waals surface area contributed by atoms with Crippen LogP contribution in [0.15, 0.2) is 92.5 Å². The first-order valence-electron chi connectivity index (χ1n) is 14.0. The van der Waals surface area contributed by atoms with Gasteiger partial charge in [0.25, 0.3) is 0 Å². The maximum atomic E-state index is 12.3. The van der Waals surface area contributed by atoms with Crippen molar-refractivity contribution in [3.8, 4) is 0 Å². The van der Waals surface area contributed by atoms with Crippen LogP contribution in [0.3, 0.4) is 0 Å². The monoisotopic (exact) mass is 550 g/mol. The summed E-state index contributed by atoms with van der Waals surface area (Å²) in [6, 6.07) is 23.9. The second-order valence-electron chi connectivity index (χ2n) is 10.2. The van der Waals surface area contributed by atoms with Gasteiger partial charge in [-0.2, -0.15) is 0 Å². The van der Waals surface area contributed by atoms with Crippen molar-refractivity contribution in [3.63, 3.8) is 0 Å². The van der Waals surface area contributed by atoms with Crippen LogP contribution in [0.2, 0.25) is 0 Å². The Hall–Kier alpha value is -4.35. The standard InChI is InChI=1S/C36H38O5/c1-6-17-39-26(4)29-10-13-33-21-30(11-14-32(33)20-29)27(5)40-18-7-8-24(2)28-9-12-34-22-35(16-15-31(34)19-28)36(38)41-25(3)23-37/h9-16,19-22,25,37H,2,4-8,17-18,23H2,1,3H3. The normalized spacial score (nSPS) is 11.7. The molecule has 0 amide bonds. The van der Waals surface area contributed by atoms with Crippen LogP contribution in [0.5, 0.6) is 0 Å². The molecule has 4 rings (SSSR count). The summed E-state index contributed by atoms with van der Waals surface area (Å²) >= 11 is 0. The van der Waals surface area contributed by atoms with E-state index in [1.54, 1.807) is 19.1 Å². The minimum absolute atomic E-state index is 0.207. The van der Waals surface area contributed by atoms with Crippen molar-refractivity contribution < 1.29 is 24.1 Å². The SMILES string of the molecule is C=C(CCCOC(=C)c1ccc2cc(C(=C)OCCC)ccc2c1)c1ccc2cc(C(=O)OC(C)CO)ccc2c1. The smallest absolute Gasteiger partial charge is 0.338 e. The first kappa shape index (κ1) is 29.6. The second-order valence-corrected chi connectivity index (χ2v) is 10.2. The van der Waals surface area contributed by atoms with Gasteiger partial charge < -0.3 is 19.3 Å². The fourth-order valence-electron chi connectivity index (χ4n) is 4.49. The topological polar surface area (TPSA) is 65.0 Å². The Morgan fingerprint density at radius 1 is 0.732 bits per heavy atom.